The zero-order chi connectivity index (χ0) is 12.3. The molecule has 0 saturated heterocycles. The maximum atomic E-state index is 11.3. The molecule has 1 aromatic carbocycles. The first kappa shape index (κ1) is 11.9. The average molecular weight is 229 g/mol. The lowest BCUT2D eigenvalue weighted by molar-refractivity contribution is -0.117. The lowest BCUT2D eigenvalue weighted by atomic mass is 9.89. The molecular formula is C15H19NO. The molecule has 0 radical (unpaired) electrons. The van der Waals surface area contributed by atoms with E-state index in [0.29, 0.717) is 0 Å². The van der Waals surface area contributed by atoms with E-state index in [9.17, 15) is 4.79 Å². The molecule has 1 aromatic rings. The molecule has 0 fully saturated rings. The third-order valence-electron chi connectivity index (χ3n) is 3.42. The van der Waals surface area contributed by atoms with Crippen molar-refractivity contribution < 1.29 is 4.79 Å². The Bertz CT molecular complexity index is 437. The monoisotopic (exact) mass is 229 g/mol. The first-order chi connectivity index (χ1) is 8.20. The molecule has 1 atom stereocenters. The van der Waals surface area contributed by atoms with Crippen LogP contribution in [0.5, 0.6) is 0 Å². The molecule has 0 saturated carbocycles. The van der Waals surface area contributed by atoms with Gasteiger partial charge in [0.15, 0.2) is 0 Å². The van der Waals surface area contributed by atoms with Crippen molar-refractivity contribution in [3.05, 3.63) is 47.5 Å². The second-order valence-electron chi connectivity index (χ2n) is 4.67. The van der Waals surface area contributed by atoms with Crippen LogP contribution in [0.2, 0.25) is 0 Å². The molecule has 0 spiro atoms. The van der Waals surface area contributed by atoms with Gasteiger partial charge in [-0.05, 0) is 55.4 Å². The number of benzene rings is 1. The molecule has 1 amide bonds. The van der Waals surface area contributed by atoms with Gasteiger partial charge in [0.1, 0.15) is 0 Å². The van der Waals surface area contributed by atoms with E-state index in [-0.39, 0.29) is 11.9 Å². The number of hydrogen-bond donors (Lipinski definition) is 1. The van der Waals surface area contributed by atoms with Crippen molar-refractivity contribution in [1.82, 2.24) is 5.32 Å². The number of carbonyl (C=O) groups excluding carboxylic acids is 1. The SMILES string of the molecule is C=CC(=O)NC(C)c1ccc2c(c1)CCCC2. The largest absolute Gasteiger partial charge is 0.346 e. The topological polar surface area (TPSA) is 29.1 Å². The molecule has 1 N–H and O–H groups in total. The molecule has 2 rings (SSSR count). The summed E-state index contributed by atoms with van der Waals surface area (Å²) in [6.07, 6.45) is 6.27. The predicted molar refractivity (Wildman–Crippen MR) is 69.8 cm³/mol. The van der Waals surface area contributed by atoms with Gasteiger partial charge in [-0.3, -0.25) is 4.79 Å². The second kappa shape index (κ2) is 5.17. The van der Waals surface area contributed by atoms with Gasteiger partial charge in [0, 0.05) is 0 Å². The number of nitrogens with one attached hydrogen (secondary N) is 1. The van der Waals surface area contributed by atoms with Gasteiger partial charge in [-0.15, -0.1) is 0 Å². The highest BCUT2D eigenvalue weighted by Gasteiger charge is 2.12. The van der Waals surface area contributed by atoms with Gasteiger partial charge in [0.25, 0.3) is 0 Å². The highest BCUT2D eigenvalue weighted by atomic mass is 16.1. The zero-order valence-corrected chi connectivity index (χ0v) is 10.3. The maximum absolute atomic E-state index is 11.3. The molecule has 0 heterocycles. The van der Waals surface area contributed by atoms with Crippen LogP contribution in [-0.2, 0) is 17.6 Å². The number of carbonyl (C=O) groups is 1. The van der Waals surface area contributed by atoms with E-state index in [1.165, 1.54) is 48.4 Å². The Balaban J connectivity index is 2.15. The van der Waals surface area contributed by atoms with Gasteiger partial charge < -0.3 is 5.32 Å². The minimum atomic E-state index is -0.116. The third kappa shape index (κ3) is 2.76. The van der Waals surface area contributed by atoms with Crippen LogP contribution >= 0.6 is 0 Å². The summed E-state index contributed by atoms with van der Waals surface area (Å²) in [7, 11) is 0. The van der Waals surface area contributed by atoms with E-state index in [0.717, 1.165) is 0 Å². The Hall–Kier alpha value is -1.57. The van der Waals surface area contributed by atoms with Crippen LogP contribution in [0.1, 0.15) is 42.5 Å². The number of amides is 1. The van der Waals surface area contributed by atoms with Crippen molar-refractivity contribution >= 4 is 5.91 Å². The van der Waals surface area contributed by atoms with E-state index in [1.807, 2.05) is 6.92 Å². The number of fused-ring (bicyclic) bond motifs is 1. The number of rotatable bonds is 3. The normalized spacial score (nSPS) is 15.8. The molecule has 2 heteroatoms. The summed E-state index contributed by atoms with van der Waals surface area (Å²) in [5.74, 6) is -0.116. The Labute approximate surface area is 103 Å². The number of aryl methyl sites for hydroxylation is 2. The van der Waals surface area contributed by atoms with Crippen LogP contribution in [0, 0.1) is 0 Å². The molecule has 1 aliphatic rings. The number of hydrogen-bond acceptors (Lipinski definition) is 1. The summed E-state index contributed by atoms with van der Waals surface area (Å²) in [6.45, 7) is 5.47. The van der Waals surface area contributed by atoms with E-state index < -0.39 is 0 Å². The van der Waals surface area contributed by atoms with Crippen molar-refractivity contribution in [3.63, 3.8) is 0 Å². The first-order valence-electron chi connectivity index (χ1n) is 6.25. The van der Waals surface area contributed by atoms with Crippen LogP contribution in [0.25, 0.3) is 0 Å². The molecule has 1 unspecified atom stereocenters. The summed E-state index contributed by atoms with van der Waals surface area (Å²) < 4.78 is 0. The maximum Gasteiger partial charge on any atom is 0.243 e. The minimum absolute atomic E-state index is 0.0488. The van der Waals surface area contributed by atoms with E-state index in [1.54, 1.807) is 0 Å². The van der Waals surface area contributed by atoms with Crippen molar-refractivity contribution in [1.29, 1.82) is 0 Å². The molecule has 2 nitrogen and oxygen atoms in total. The van der Waals surface area contributed by atoms with Crippen LogP contribution in [0.15, 0.2) is 30.9 Å². The van der Waals surface area contributed by atoms with E-state index in [4.69, 9.17) is 0 Å². The standard InChI is InChI=1S/C15H19NO/c1-3-15(17)16-11(2)13-9-8-12-6-4-5-7-14(12)10-13/h3,8-11H,1,4-7H2,2H3,(H,16,17). The smallest absolute Gasteiger partial charge is 0.243 e. The van der Waals surface area contributed by atoms with E-state index in [2.05, 4.69) is 30.1 Å². The minimum Gasteiger partial charge on any atom is -0.346 e. The fraction of sp³-hybridized carbons (Fsp3) is 0.400. The fourth-order valence-electron chi connectivity index (χ4n) is 2.38. The summed E-state index contributed by atoms with van der Waals surface area (Å²) in [5, 5.41) is 2.90. The van der Waals surface area contributed by atoms with Crippen molar-refractivity contribution in [3.8, 4) is 0 Å². The van der Waals surface area contributed by atoms with Gasteiger partial charge in [-0.25, -0.2) is 0 Å². The predicted octanol–water partition coefficient (Wildman–Crippen LogP) is 2.93. The summed E-state index contributed by atoms with van der Waals surface area (Å²) >= 11 is 0. The van der Waals surface area contributed by atoms with Crippen LogP contribution in [-0.4, -0.2) is 5.91 Å². The lowest BCUT2D eigenvalue weighted by Crippen LogP contribution is -2.24. The highest BCUT2D eigenvalue weighted by Crippen LogP contribution is 2.24. The highest BCUT2D eigenvalue weighted by molar-refractivity contribution is 5.87. The Morgan fingerprint density at radius 2 is 2.06 bits per heavy atom. The van der Waals surface area contributed by atoms with Crippen molar-refractivity contribution in [2.75, 3.05) is 0 Å². The zero-order valence-electron chi connectivity index (χ0n) is 10.3. The van der Waals surface area contributed by atoms with E-state index >= 15 is 0 Å². The Morgan fingerprint density at radius 1 is 1.35 bits per heavy atom. The molecule has 1 aliphatic carbocycles. The van der Waals surface area contributed by atoms with Crippen molar-refractivity contribution in [2.24, 2.45) is 0 Å². The lowest BCUT2D eigenvalue weighted by Gasteiger charge is -2.19. The van der Waals surface area contributed by atoms with Crippen molar-refractivity contribution in [2.45, 2.75) is 38.6 Å². The Kier molecular flexibility index (Phi) is 3.62. The van der Waals surface area contributed by atoms with Gasteiger partial charge in [0.05, 0.1) is 6.04 Å². The van der Waals surface area contributed by atoms with Crippen LogP contribution in [0.3, 0.4) is 0 Å². The van der Waals surface area contributed by atoms with Crippen LogP contribution < -0.4 is 5.32 Å². The molecular weight excluding hydrogens is 210 g/mol. The summed E-state index contributed by atoms with van der Waals surface area (Å²) in [4.78, 5) is 11.3. The van der Waals surface area contributed by atoms with Gasteiger partial charge in [-0.1, -0.05) is 24.8 Å². The molecule has 0 aromatic heterocycles. The van der Waals surface area contributed by atoms with Gasteiger partial charge >= 0.3 is 0 Å². The quantitative estimate of drug-likeness (QED) is 0.793. The molecule has 0 aliphatic heterocycles. The average Bonchev–Trinajstić information content (AvgIpc) is 2.38. The summed E-state index contributed by atoms with van der Waals surface area (Å²) in [5.41, 5.74) is 4.11. The molecule has 17 heavy (non-hydrogen) atoms. The summed E-state index contributed by atoms with van der Waals surface area (Å²) in [6, 6.07) is 6.62. The fourth-order valence-corrected chi connectivity index (χ4v) is 2.38. The van der Waals surface area contributed by atoms with Crippen LogP contribution in [0.4, 0.5) is 0 Å². The first-order valence-corrected chi connectivity index (χ1v) is 6.25. The Morgan fingerprint density at radius 3 is 2.76 bits per heavy atom. The molecule has 90 valence electrons. The third-order valence-corrected chi connectivity index (χ3v) is 3.42. The van der Waals surface area contributed by atoms with Gasteiger partial charge in [0.2, 0.25) is 5.91 Å². The second-order valence-corrected chi connectivity index (χ2v) is 4.67. The molecule has 0 bridgehead atoms. The van der Waals surface area contributed by atoms with Gasteiger partial charge in [-0.2, -0.15) is 0 Å².